The van der Waals surface area contributed by atoms with Gasteiger partial charge < -0.3 is 9.67 Å². The monoisotopic (exact) mass is 313 g/mol. The first-order valence-electron chi connectivity index (χ1n) is 7.73. The Morgan fingerprint density at radius 3 is 2.17 bits per heavy atom. The molecule has 0 aliphatic rings. The van der Waals surface area contributed by atoms with Crippen molar-refractivity contribution in [3.63, 3.8) is 0 Å². The first-order valence-corrected chi connectivity index (χ1v) is 7.73. The molecule has 0 aliphatic heterocycles. The molecule has 1 aromatic heterocycles. The molecule has 0 fully saturated rings. The molecule has 0 saturated carbocycles. The molecule has 0 saturated heterocycles. The lowest BCUT2D eigenvalue weighted by Gasteiger charge is -2.12. The summed E-state index contributed by atoms with van der Waals surface area (Å²) in [6, 6.07) is 24.7. The van der Waals surface area contributed by atoms with E-state index in [0.717, 1.165) is 34.1 Å². The van der Waals surface area contributed by atoms with Crippen LogP contribution in [-0.4, -0.2) is 16.0 Å². The van der Waals surface area contributed by atoms with E-state index in [4.69, 9.17) is 0 Å². The van der Waals surface area contributed by atoms with Gasteiger partial charge in [0, 0.05) is 16.6 Å². The normalized spacial score (nSPS) is 10.8. The highest BCUT2D eigenvalue weighted by atomic mass is 16.3. The maximum atomic E-state index is 11.9. The molecular formula is C21H15NO2. The molecule has 3 nitrogen and oxygen atoms in total. The van der Waals surface area contributed by atoms with E-state index in [9.17, 15) is 9.90 Å². The number of hydrogen-bond acceptors (Lipinski definition) is 2. The topological polar surface area (TPSA) is 42.2 Å². The van der Waals surface area contributed by atoms with Crippen LogP contribution >= 0.6 is 0 Å². The lowest BCUT2D eigenvalue weighted by atomic mass is 10.1. The van der Waals surface area contributed by atoms with Gasteiger partial charge in [-0.05, 0) is 35.9 Å². The third-order valence-electron chi connectivity index (χ3n) is 4.19. The summed E-state index contributed by atoms with van der Waals surface area (Å²) in [6.45, 7) is 0. The Morgan fingerprint density at radius 2 is 1.46 bits per heavy atom. The zero-order valence-corrected chi connectivity index (χ0v) is 12.9. The summed E-state index contributed by atoms with van der Waals surface area (Å²) in [4.78, 5) is 11.9. The fraction of sp³-hybridized carbons (Fsp3) is 0. The van der Waals surface area contributed by atoms with Crippen molar-refractivity contribution in [1.82, 2.24) is 4.57 Å². The van der Waals surface area contributed by atoms with Crippen LogP contribution in [0.1, 0.15) is 10.4 Å². The molecule has 0 atom stereocenters. The van der Waals surface area contributed by atoms with Crippen molar-refractivity contribution in [2.75, 3.05) is 0 Å². The summed E-state index contributed by atoms with van der Waals surface area (Å²) < 4.78 is 2.06. The van der Waals surface area contributed by atoms with Crippen molar-refractivity contribution in [1.29, 1.82) is 0 Å². The summed E-state index contributed by atoms with van der Waals surface area (Å²) in [6.07, 6.45) is 0.918. The number of aromatic nitrogens is 1. The molecule has 116 valence electrons. The minimum Gasteiger partial charge on any atom is -0.508 e. The van der Waals surface area contributed by atoms with Gasteiger partial charge in [-0.1, -0.05) is 48.5 Å². The lowest BCUT2D eigenvalue weighted by Crippen LogP contribution is -1.97. The van der Waals surface area contributed by atoms with Crippen LogP contribution in [0.15, 0.2) is 78.9 Å². The van der Waals surface area contributed by atoms with E-state index in [1.807, 2.05) is 66.7 Å². The molecule has 4 rings (SSSR count). The molecule has 3 aromatic carbocycles. The smallest absolute Gasteiger partial charge is 0.152 e. The third kappa shape index (κ3) is 2.18. The molecule has 0 aliphatic carbocycles. The number of carbonyl (C=O) groups excluding carboxylic acids is 1. The van der Waals surface area contributed by atoms with Crippen LogP contribution < -0.4 is 0 Å². The molecule has 4 aromatic rings. The highest BCUT2D eigenvalue weighted by Crippen LogP contribution is 2.35. The first-order chi connectivity index (χ1) is 11.8. The van der Waals surface area contributed by atoms with Gasteiger partial charge in [0.1, 0.15) is 5.75 Å². The summed E-state index contributed by atoms with van der Waals surface area (Å²) in [5.74, 6) is 0.215. The Balaban J connectivity index is 2.14. The van der Waals surface area contributed by atoms with Gasteiger partial charge in [0.15, 0.2) is 6.29 Å². The van der Waals surface area contributed by atoms with E-state index in [2.05, 4.69) is 4.57 Å². The largest absolute Gasteiger partial charge is 0.508 e. The van der Waals surface area contributed by atoms with Gasteiger partial charge in [0.05, 0.1) is 11.2 Å². The van der Waals surface area contributed by atoms with Gasteiger partial charge >= 0.3 is 0 Å². The average molecular weight is 313 g/mol. The van der Waals surface area contributed by atoms with Crippen LogP contribution in [0.25, 0.3) is 27.8 Å². The van der Waals surface area contributed by atoms with E-state index in [-0.39, 0.29) is 5.75 Å². The van der Waals surface area contributed by atoms with Crippen LogP contribution in [0, 0.1) is 0 Å². The van der Waals surface area contributed by atoms with Gasteiger partial charge in [0.25, 0.3) is 0 Å². The molecule has 24 heavy (non-hydrogen) atoms. The second-order valence-corrected chi connectivity index (χ2v) is 5.62. The van der Waals surface area contributed by atoms with Crippen LogP contribution in [0.4, 0.5) is 0 Å². The Hall–Kier alpha value is -3.33. The number of phenolic OH excluding ortho intramolecular Hbond substituents is 1. The van der Waals surface area contributed by atoms with E-state index in [1.54, 1.807) is 12.1 Å². The third-order valence-corrected chi connectivity index (χ3v) is 4.19. The van der Waals surface area contributed by atoms with E-state index >= 15 is 0 Å². The summed E-state index contributed by atoms with van der Waals surface area (Å²) in [5, 5.41) is 10.5. The minimum absolute atomic E-state index is 0.215. The fourth-order valence-electron chi connectivity index (χ4n) is 3.13. The molecule has 1 N–H and O–H groups in total. The number of aromatic hydroxyl groups is 1. The second kappa shape index (κ2) is 5.70. The van der Waals surface area contributed by atoms with Crippen molar-refractivity contribution in [2.24, 2.45) is 0 Å². The number of carbonyl (C=O) groups is 1. The van der Waals surface area contributed by atoms with Crippen LogP contribution in [0.5, 0.6) is 5.75 Å². The van der Waals surface area contributed by atoms with Crippen molar-refractivity contribution in [2.45, 2.75) is 0 Å². The average Bonchev–Trinajstić information content (AvgIpc) is 2.97. The van der Waals surface area contributed by atoms with Crippen molar-refractivity contribution in [3.8, 4) is 22.7 Å². The second-order valence-electron chi connectivity index (χ2n) is 5.62. The SMILES string of the molecule is O=Cc1c(-c2ccccc2)n(-c2ccc(O)cc2)c2ccccc12. The van der Waals surface area contributed by atoms with E-state index in [1.165, 1.54) is 0 Å². The predicted octanol–water partition coefficient (Wildman–Crippen LogP) is 4.82. The molecule has 0 radical (unpaired) electrons. The molecule has 0 bridgehead atoms. The molecule has 0 spiro atoms. The predicted molar refractivity (Wildman–Crippen MR) is 95.8 cm³/mol. The standard InChI is InChI=1S/C21H15NO2/c23-14-19-18-8-4-5-9-20(18)22(16-10-12-17(24)13-11-16)21(19)15-6-2-1-3-7-15/h1-14,24H. The van der Waals surface area contributed by atoms with Crippen molar-refractivity contribution in [3.05, 3.63) is 84.4 Å². The number of phenols is 1. The first kappa shape index (κ1) is 14.3. The van der Waals surface area contributed by atoms with Crippen LogP contribution in [0.3, 0.4) is 0 Å². The number of para-hydroxylation sites is 1. The highest BCUT2D eigenvalue weighted by Gasteiger charge is 2.18. The number of fused-ring (bicyclic) bond motifs is 1. The van der Waals surface area contributed by atoms with Gasteiger partial charge in [-0.15, -0.1) is 0 Å². The van der Waals surface area contributed by atoms with Gasteiger partial charge in [-0.3, -0.25) is 4.79 Å². The Kier molecular flexibility index (Phi) is 3.39. The fourth-order valence-corrected chi connectivity index (χ4v) is 3.13. The number of hydrogen-bond donors (Lipinski definition) is 1. The van der Waals surface area contributed by atoms with Gasteiger partial charge in [-0.2, -0.15) is 0 Å². The van der Waals surface area contributed by atoms with Crippen molar-refractivity contribution >= 4 is 17.2 Å². The minimum atomic E-state index is 0.215. The number of nitrogens with zero attached hydrogens (tertiary/aromatic N) is 1. The van der Waals surface area contributed by atoms with Gasteiger partial charge in [0.2, 0.25) is 0 Å². The quantitative estimate of drug-likeness (QED) is 0.551. The number of benzene rings is 3. The molecular weight excluding hydrogens is 298 g/mol. The maximum absolute atomic E-state index is 11.9. The van der Waals surface area contributed by atoms with Gasteiger partial charge in [-0.25, -0.2) is 0 Å². The zero-order valence-electron chi connectivity index (χ0n) is 12.9. The number of rotatable bonds is 3. The van der Waals surface area contributed by atoms with Crippen molar-refractivity contribution < 1.29 is 9.90 Å². The van der Waals surface area contributed by atoms with Crippen LogP contribution in [0.2, 0.25) is 0 Å². The zero-order chi connectivity index (χ0) is 16.5. The highest BCUT2D eigenvalue weighted by molar-refractivity contribution is 6.06. The molecule has 0 unspecified atom stereocenters. The lowest BCUT2D eigenvalue weighted by molar-refractivity contribution is 0.112. The summed E-state index contributed by atoms with van der Waals surface area (Å²) in [7, 11) is 0. The molecule has 3 heteroatoms. The Morgan fingerprint density at radius 1 is 0.792 bits per heavy atom. The Bertz CT molecular complexity index is 1020. The van der Waals surface area contributed by atoms with E-state index < -0.39 is 0 Å². The summed E-state index contributed by atoms with van der Waals surface area (Å²) in [5.41, 5.74) is 4.37. The Labute approximate surface area is 139 Å². The van der Waals surface area contributed by atoms with E-state index in [0.29, 0.717) is 5.56 Å². The maximum Gasteiger partial charge on any atom is 0.152 e. The summed E-state index contributed by atoms with van der Waals surface area (Å²) >= 11 is 0. The van der Waals surface area contributed by atoms with Crippen LogP contribution in [-0.2, 0) is 0 Å². The molecule has 1 heterocycles. The molecule has 0 amide bonds. The number of aldehydes is 1.